The molecule has 0 amide bonds. The van der Waals surface area contributed by atoms with E-state index in [-0.39, 0.29) is 73.3 Å². The number of hydrogen-bond acceptors (Lipinski definition) is 6. The maximum atomic E-state index is 9.81. The second kappa shape index (κ2) is 18.2. The van der Waals surface area contributed by atoms with Crippen LogP contribution >= 0.6 is 0 Å². The molecule has 176 valence electrons. The van der Waals surface area contributed by atoms with Crippen molar-refractivity contribution in [2.45, 2.75) is 64.9 Å². The van der Waals surface area contributed by atoms with Crippen molar-refractivity contribution >= 4 is 0 Å². The number of phenols is 1. The first-order valence-electron chi connectivity index (χ1n) is 11.3. The Morgan fingerprint density at radius 1 is 0.882 bits per heavy atom. The summed E-state index contributed by atoms with van der Waals surface area (Å²) in [6.45, 7) is 6.54. The van der Waals surface area contributed by atoms with Crippen molar-refractivity contribution < 1.29 is 76.5 Å². The van der Waals surface area contributed by atoms with E-state index in [0.29, 0.717) is 5.75 Å². The molecular weight excluding hydrogens is 448 g/mol. The van der Waals surface area contributed by atoms with Gasteiger partial charge in [0, 0.05) is 5.56 Å². The Balaban J connectivity index is -0.000000555. The number of rotatable bonds is 10. The van der Waals surface area contributed by atoms with E-state index in [2.05, 4.69) is 36.2 Å². The molecule has 2 aromatic carbocycles. The number of ether oxygens (including phenoxy) is 2. The second-order valence-corrected chi connectivity index (χ2v) is 7.62. The normalized spacial score (nSPS) is 10.1. The number of benzene rings is 2. The predicted molar refractivity (Wildman–Crippen MR) is 130 cm³/mol. The monoisotopic (exact) mass is 485 g/mol. The summed E-state index contributed by atoms with van der Waals surface area (Å²) >= 11 is 0. The van der Waals surface area contributed by atoms with Gasteiger partial charge < -0.3 is 17.4 Å². The summed E-state index contributed by atoms with van der Waals surface area (Å²) in [7, 11) is 1.63. The molecule has 0 saturated carbocycles. The first kappa shape index (κ1) is 32.8. The molecular formula is C26H37N3Na2O3. The van der Waals surface area contributed by atoms with E-state index in [0.717, 1.165) is 36.3 Å². The zero-order valence-electron chi connectivity index (χ0n) is 23.6. The van der Waals surface area contributed by atoms with Gasteiger partial charge in [0.15, 0.2) is 11.5 Å². The van der Waals surface area contributed by atoms with Crippen LogP contribution in [0, 0.1) is 0 Å². The SMILES string of the molecule is CCCCCC(CC)(CC)Oc1ccccc1O.COc1ccccc1-c1ccnnn1.[H-].[H-].[Na+].[Na+]. The summed E-state index contributed by atoms with van der Waals surface area (Å²) in [6.07, 6.45) is 8.26. The molecule has 0 atom stereocenters. The van der Waals surface area contributed by atoms with Crippen LogP contribution in [-0.2, 0) is 0 Å². The van der Waals surface area contributed by atoms with Crippen LogP contribution in [0.5, 0.6) is 17.2 Å². The molecule has 1 aromatic heterocycles. The average molecular weight is 486 g/mol. The first-order chi connectivity index (χ1) is 15.6. The maximum Gasteiger partial charge on any atom is 1.00 e. The Kier molecular flexibility index (Phi) is 17.6. The predicted octanol–water partition coefficient (Wildman–Crippen LogP) is 0.690. The fraction of sp³-hybridized carbons (Fsp3) is 0.423. The van der Waals surface area contributed by atoms with Crippen LogP contribution in [0.2, 0.25) is 0 Å². The summed E-state index contributed by atoms with van der Waals surface area (Å²) in [5.74, 6) is 1.63. The van der Waals surface area contributed by atoms with Crippen molar-refractivity contribution in [1.29, 1.82) is 0 Å². The summed E-state index contributed by atoms with van der Waals surface area (Å²) in [5.41, 5.74) is 1.55. The Hall–Kier alpha value is -1.15. The van der Waals surface area contributed by atoms with Crippen LogP contribution in [0.15, 0.2) is 60.8 Å². The van der Waals surface area contributed by atoms with Crippen LogP contribution in [0.3, 0.4) is 0 Å². The second-order valence-electron chi connectivity index (χ2n) is 7.62. The third-order valence-corrected chi connectivity index (χ3v) is 5.60. The fourth-order valence-corrected chi connectivity index (χ4v) is 3.51. The number of phenolic OH excluding ortho intramolecular Hbond substituents is 1. The van der Waals surface area contributed by atoms with Gasteiger partial charge in [-0.2, -0.15) is 0 Å². The van der Waals surface area contributed by atoms with Gasteiger partial charge in [-0.15, -0.1) is 10.2 Å². The molecule has 3 aromatic rings. The van der Waals surface area contributed by atoms with E-state index in [1.54, 1.807) is 25.4 Å². The van der Waals surface area contributed by atoms with E-state index in [4.69, 9.17) is 9.47 Å². The number of methoxy groups -OCH3 is 1. The molecule has 0 aliphatic carbocycles. The van der Waals surface area contributed by atoms with Crippen LogP contribution in [0.1, 0.15) is 62.1 Å². The third kappa shape index (κ3) is 10.2. The van der Waals surface area contributed by atoms with Gasteiger partial charge in [0.2, 0.25) is 0 Å². The van der Waals surface area contributed by atoms with Crippen LogP contribution < -0.4 is 68.6 Å². The van der Waals surface area contributed by atoms with Gasteiger partial charge in [0.1, 0.15) is 17.0 Å². The molecule has 34 heavy (non-hydrogen) atoms. The quantitative estimate of drug-likeness (QED) is 0.336. The molecule has 0 unspecified atom stereocenters. The Morgan fingerprint density at radius 2 is 1.53 bits per heavy atom. The number of hydrogen-bond donors (Lipinski definition) is 1. The zero-order chi connectivity index (χ0) is 23.2. The van der Waals surface area contributed by atoms with Gasteiger partial charge in [0.25, 0.3) is 0 Å². The number of nitrogens with zero attached hydrogens (tertiary/aromatic N) is 3. The molecule has 8 heteroatoms. The Morgan fingerprint density at radius 3 is 2.09 bits per heavy atom. The summed E-state index contributed by atoms with van der Waals surface area (Å²) in [4.78, 5) is 0. The molecule has 0 aliphatic rings. The number of unbranched alkanes of at least 4 members (excludes halogenated alkanes) is 2. The van der Waals surface area contributed by atoms with Gasteiger partial charge in [-0.3, -0.25) is 0 Å². The van der Waals surface area contributed by atoms with Crippen molar-refractivity contribution in [1.82, 2.24) is 15.4 Å². The Bertz CT molecular complexity index is 937. The molecule has 3 rings (SSSR count). The van der Waals surface area contributed by atoms with Gasteiger partial charge >= 0.3 is 59.1 Å². The van der Waals surface area contributed by atoms with Crippen LogP contribution in [-0.4, -0.2) is 33.2 Å². The molecule has 1 N–H and O–H groups in total. The van der Waals surface area contributed by atoms with Crippen molar-refractivity contribution in [2.75, 3.05) is 7.11 Å². The Labute approximate surface area is 251 Å². The van der Waals surface area contributed by atoms with E-state index in [9.17, 15) is 5.11 Å². The number of aromatic hydroxyl groups is 1. The molecule has 0 bridgehead atoms. The number of aromatic nitrogens is 3. The molecule has 0 saturated heterocycles. The van der Waals surface area contributed by atoms with Crippen molar-refractivity contribution in [3.63, 3.8) is 0 Å². The molecule has 6 nitrogen and oxygen atoms in total. The average Bonchev–Trinajstić information content (AvgIpc) is 2.85. The minimum Gasteiger partial charge on any atom is -1.00 e. The molecule has 0 spiro atoms. The van der Waals surface area contributed by atoms with Gasteiger partial charge in [-0.05, 0) is 61.2 Å². The van der Waals surface area contributed by atoms with E-state index < -0.39 is 0 Å². The largest absolute Gasteiger partial charge is 1.00 e. The van der Waals surface area contributed by atoms with Gasteiger partial charge in [-0.25, -0.2) is 0 Å². The van der Waals surface area contributed by atoms with Gasteiger partial charge in [0.05, 0.1) is 13.3 Å². The standard InChI is InChI=1S/C16H26O2.C10H9N3O.2Na.2H/c1-4-7-10-13-16(5-2,6-3)18-15-12-9-8-11-14(15)17;1-14-10-5-3-2-4-8(10)9-6-7-11-13-12-9;;;;/h8-9,11-12,17H,4-7,10,13H2,1-3H3;2-7H,1H3;;;;/q;;2*+1;2*-1. The van der Waals surface area contributed by atoms with Crippen molar-refractivity contribution in [3.8, 4) is 28.5 Å². The van der Waals surface area contributed by atoms with E-state index in [1.807, 2.05) is 42.5 Å². The zero-order valence-corrected chi connectivity index (χ0v) is 25.6. The van der Waals surface area contributed by atoms with E-state index in [1.165, 1.54) is 19.3 Å². The van der Waals surface area contributed by atoms with Crippen LogP contribution in [0.25, 0.3) is 11.3 Å². The number of para-hydroxylation sites is 3. The van der Waals surface area contributed by atoms with Crippen LogP contribution in [0.4, 0.5) is 0 Å². The summed E-state index contributed by atoms with van der Waals surface area (Å²) < 4.78 is 11.3. The van der Waals surface area contributed by atoms with Gasteiger partial charge in [-0.1, -0.05) is 57.9 Å². The third-order valence-electron chi connectivity index (χ3n) is 5.60. The minimum atomic E-state index is -0.131. The molecule has 0 fully saturated rings. The summed E-state index contributed by atoms with van der Waals surface area (Å²) in [5, 5.41) is 20.9. The van der Waals surface area contributed by atoms with E-state index >= 15 is 0 Å². The van der Waals surface area contributed by atoms with Crippen molar-refractivity contribution in [2.24, 2.45) is 0 Å². The molecule has 0 aliphatic heterocycles. The topological polar surface area (TPSA) is 77.4 Å². The first-order valence-corrected chi connectivity index (χ1v) is 11.3. The van der Waals surface area contributed by atoms with Crippen molar-refractivity contribution in [3.05, 3.63) is 60.8 Å². The fourth-order valence-electron chi connectivity index (χ4n) is 3.51. The molecule has 0 radical (unpaired) electrons. The molecule has 1 heterocycles. The maximum absolute atomic E-state index is 9.81. The minimum absolute atomic E-state index is 0. The summed E-state index contributed by atoms with van der Waals surface area (Å²) in [6, 6.07) is 16.7. The smallest absolute Gasteiger partial charge is 1.00 e.